The van der Waals surface area contributed by atoms with Gasteiger partial charge in [-0.05, 0) is 37.6 Å². The van der Waals surface area contributed by atoms with Crippen molar-refractivity contribution < 1.29 is 43.4 Å². The normalized spacial score (nSPS) is 22.4. The zero-order chi connectivity index (χ0) is 34.1. The third kappa shape index (κ3) is 7.39. The summed E-state index contributed by atoms with van der Waals surface area (Å²) in [4.78, 5) is 38.1. The quantitative estimate of drug-likeness (QED) is 0.155. The lowest BCUT2D eigenvalue weighted by atomic mass is 9.96. The first-order valence-corrected chi connectivity index (χ1v) is 16.2. The number of imidazole rings is 1. The molecule has 0 bridgehead atoms. The number of nitrogens with zero attached hydrogens (tertiary/aromatic N) is 5. The van der Waals surface area contributed by atoms with Crippen molar-refractivity contribution in [3.8, 4) is 17.4 Å². The number of nitrogen functional groups attached to an aromatic ring is 1. The number of benzene rings is 2. The number of ether oxygens (including phenoxy) is 4. The minimum atomic E-state index is -2.73. The summed E-state index contributed by atoms with van der Waals surface area (Å²) in [5.74, 6) is -0.207. The van der Waals surface area contributed by atoms with E-state index in [0.29, 0.717) is 17.5 Å². The molecule has 0 amide bonds. The van der Waals surface area contributed by atoms with Gasteiger partial charge in [-0.3, -0.25) is 9.09 Å². The van der Waals surface area contributed by atoms with E-state index in [9.17, 15) is 19.9 Å². The van der Waals surface area contributed by atoms with Crippen LogP contribution in [-0.4, -0.2) is 79.4 Å². The number of aromatic nitrogens is 4. The lowest BCUT2D eigenvalue weighted by Crippen LogP contribution is -2.44. The van der Waals surface area contributed by atoms with Gasteiger partial charge >= 0.3 is 14.1 Å². The molecule has 3 heterocycles. The highest BCUT2D eigenvalue weighted by molar-refractivity contribution is 7.34. The van der Waals surface area contributed by atoms with E-state index >= 15 is 0 Å². The molecular formula is C31H39N6O9P. The van der Waals surface area contributed by atoms with E-state index in [0.717, 1.165) is 5.39 Å². The van der Waals surface area contributed by atoms with Crippen LogP contribution in [0.25, 0.3) is 21.9 Å². The molecule has 2 aromatic carbocycles. The number of hydrogen-bond donors (Lipinski definition) is 3. The number of anilines is 1. The van der Waals surface area contributed by atoms with Crippen LogP contribution in [-0.2, 0) is 14.3 Å². The van der Waals surface area contributed by atoms with E-state index in [1.807, 2.05) is 32.9 Å². The molecule has 5 rings (SSSR count). The summed E-state index contributed by atoms with van der Waals surface area (Å²) in [6.45, 7) is 10.7. The van der Waals surface area contributed by atoms with Crippen LogP contribution >= 0.6 is 8.17 Å². The molecule has 1 aliphatic heterocycles. The number of aliphatic hydroxyl groups is 2. The van der Waals surface area contributed by atoms with Crippen LogP contribution in [0.2, 0.25) is 0 Å². The van der Waals surface area contributed by atoms with Gasteiger partial charge in [-0.2, -0.15) is 9.97 Å². The van der Waals surface area contributed by atoms with Gasteiger partial charge in [0.25, 0.3) is 0 Å². The Morgan fingerprint density at radius 2 is 1.98 bits per heavy atom. The Hall–Kier alpha value is -4.14. The lowest BCUT2D eigenvalue weighted by molar-refractivity contribution is -0.169. The Kier molecular flexibility index (Phi) is 9.85. The van der Waals surface area contributed by atoms with Gasteiger partial charge in [0.15, 0.2) is 29.2 Å². The van der Waals surface area contributed by atoms with Crippen molar-refractivity contribution in [2.45, 2.75) is 71.6 Å². The monoisotopic (exact) mass is 670 g/mol. The molecule has 16 heteroatoms. The molecular weight excluding hydrogens is 631 g/mol. The van der Waals surface area contributed by atoms with Crippen molar-refractivity contribution in [3.63, 3.8) is 0 Å². The molecule has 0 saturated carbocycles. The van der Waals surface area contributed by atoms with Crippen LogP contribution in [0.4, 0.5) is 5.95 Å². The molecule has 4 N–H and O–H groups in total. The number of carbonyl (C=O) groups excluding carboxylic acids is 1. The van der Waals surface area contributed by atoms with Gasteiger partial charge in [-0.25, -0.2) is 9.78 Å². The van der Waals surface area contributed by atoms with Gasteiger partial charge < -0.3 is 39.8 Å². The minimum Gasteiger partial charge on any atom is -0.575 e. The zero-order valence-corrected chi connectivity index (χ0v) is 27.9. The summed E-state index contributed by atoms with van der Waals surface area (Å²) in [7, 11) is -2.73. The Labute approximate surface area is 272 Å². The van der Waals surface area contributed by atoms with Gasteiger partial charge in [0.1, 0.15) is 24.4 Å². The summed E-state index contributed by atoms with van der Waals surface area (Å²) < 4.78 is 34.3. The number of esters is 1. The van der Waals surface area contributed by atoms with E-state index < -0.39 is 44.2 Å². The molecule has 0 radical (unpaired) electrons. The van der Waals surface area contributed by atoms with Gasteiger partial charge in [0.05, 0.1) is 19.5 Å². The molecule has 252 valence electrons. The van der Waals surface area contributed by atoms with Gasteiger partial charge in [0, 0.05) is 5.39 Å². The zero-order valence-electron chi connectivity index (χ0n) is 27.0. The van der Waals surface area contributed by atoms with Crippen molar-refractivity contribution in [2.75, 3.05) is 25.6 Å². The van der Waals surface area contributed by atoms with E-state index in [1.54, 1.807) is 31.2 Å². The van der Waals surface area contributed by atoms with Crippen LogP contribution in [0.5, 0.6) is 17.4 Å². The fourth-order valence-corrected chi connectivity index (χ4v) is 5.76. The lowest BCUT2D eigenvalue weighted by Gasteiger charge is -2.27. The highest BCUT2D eigenvalue weighted by Crippen LogP contribution is 2.43. The summed E-state index contributed by atoms with van der Waals surface area (Å²) in [5.41, 5.74) is 4.40. The van der Waals surface area contributed by atoms with Gasteiger partial charge in [0.2, 0.25) is 17.6 Å². The van der Waals surface area contributed by atoms with E-state index in [2.05, 4.69) is 19.7 Å². The average Bonchev–Trinajstić information content (AvgIpc) is 3.52. The van der Waals surface area contributed by atoms with Crippen LogP contribution in [0.15, 0.2) is 47.5 Å². The molecule has 47 heavy (non-hydrogen) atoms. The molecule has 2 aromatic heterocycles. The first kappa shape index (κ1) is 34.2. The van der Waals surface area contributed by atoms with Crippen LogP contribution in [0.1, 0.15) is 47.8 Å². The fraction of sp³-hybridized carbons (Fsp3) is 0.484. The second-order valence-corrected chi connectivity index (χ2v) is 13.4. The van der Waals surface area contributed by atoms with E-state index in [1.165, 1.54) is 24.7 Å². The van der Waals surface area contributed by atoms with Crippen molar-refractivity contribution in [2.24, 2.45) is 10.2 Å². The predicted molar refractivity (Wildman–Crippen MR) is 171 cm³/mol. The number of hydrogen-bond acceptors (Lipinski definition) is 14. The Bertz CT molecular complexity index is 1790. The fourth-order valence-electron chi connectivity index (χ4n) is 4.99. The van der Waals surface area contributed by atoms with Crippen molar-refractivity contribution >= 4 is 42.0 Å². The first-order valence-electron chi connectivity index (χ1n) is 15.1. The van der Waals surface area contributed by atoms with Gasteiger partial charge in [-0.1, -0.05) is 55.8 Å². The maximum atomic E-state index is 13.1. The summed E-state index contributed by atoms with van der Waals surface area (Å²) in [5, 5.41) is 23.9. The highest BCUT2D eigenvalue weighted by Gasteiger charge is 2.54. The van der Waals surface area contributed by atoms with Crippen LogP contribution in [0, 0.1) is 5.41 Å². The number of fused-ring (bicyclic) bond motifs is 2. The summed E-state index contributed by atoms with van der Waals surface area (Å²) in [6, 6.07) is 9.60. The van der Waals surface area contributed by atoms with E-state index in [-0.39, 0.29) is 47.6 Å². The molecule has 1 fully saturated rings. The maximum Gasteiger partial charge on any atom is 0.395 e. The Morgan fingerprint density at radius 1 is 1.23 bits per heavy atom. The number of carbonyl (C=O) groups is 1. The highest BCUT2D eigenvalue weighted by atomic mass is 31.1. The van der Waals surface area contributed by atoms with Crippen molar-refractivity contribution in [1.29, 1.82) is 0 Å². The number of rotatable bonds is 11. The number of nitrogens with two attached hydrogens (primary N) is 1. The minimum absolute atomic E-state index is 0.0640. The second-order valence-electron chi connectivity index (χ2n) is 12.6. The Morgan fingerprint density at radius 3 is 2.70 bits per heavy atom. The van der Waals surface area contributed by atoms with E-state index in [4.69, 9.17) is 29.2 Å². The average molecular weight is 671 g/mol. The number of aliphatic hydroxyl groups excluding tert-OH is 1. The molecule has 0 spiro atoms. The topological polar surface area (TPSA) is 209 Å². The molecule has 1 aliphatic rings. The molecule has 4 aromatic rings. The summed E-state index contributed by atoms with van der Waals surface area (Å²) >= 11 is 0. The second kappa shape index (κ2) is 13.5. The third-order valence-corrected chi connectivity index (χ3v) is 8.24. The molecule has 15 nitrogen and oxygen atoms in total. The Balaban J connectivity index is 1.37. The third-order valence-electron chi connectivity index (χ3n) is 7.37. The molecule has 1 saturated heterocycles. The van der Waals surface area contributed by atoms with Gasteiger partial charge in [-0.15, -0.1) is 0 Å². The SMILES string of the molecule is CCOc1nc(N)nc2c1ncn2[C@@H]1O[C@H](COc2ccc3ccccc3c2O[P+]([O-])=N[C@@H](C)C(=O)OCC(C)(C)C)[C@@H](O)[C@@]1(C)O. The maximum absolute atomic E-state index is 13.1. The smallest absolute Gasteiger partial charge is 0.395 e. The van der Waals surface area contributed by atoms with Crippen LogP contribution in [0.3, 0.4) is 0 Å². The molecule has 6 atom stereocenters. The van der Waals surface area contributed by atoms with Crippen LogP contribution < -0.4 is 24.6 Å². The largest absolute Gasteiger partial charge is 0.575 e. The first-order chi connectivity index (χ1) is 22.2. The molecule has 1 unspecified atom stereocenters. The van der Waals surface area contributed by atoms with Crippen molar-refractivity contribution in [3.05, 3.63) is 42.7 Å². The predicted octanol–water partition coefficient (Wildman–Crippen LogP) is 3.26. The standard InChI is InChI=1S/C31H39N6O9P/c1-7-42-26-22-25(34-29(32)35-26)37(16-33-22)28-31(6,40)24(38)21(45-28)14-43-20-13-12-18-10-8-9-11-19(18)23(20)46-47(41)36-17(2)27(39)44-15-30(3,4)5/h8-13,16-17,21,24,28,38,40H,7,14-15H2,1-6H3,(H2,32,34,35)/t17-,21+,24+,28+,31+/m0/s1. The van der Waals surface area contributed by atoms with Crippen molar-refractivity contribution in [1.82, 2.24) is 19.5 Å². The summed E-state index contributed by atoms with van der Waals surface area (Å²) in [6.07, 6.45) is -2.19. The molecule has 0 aliphatic carbocycles.